The highest BCUT2D eigenvalue weighted by molar-refractivity contribution is 7.16. The molecule has 0 nitrogen and oxygen atoms in total. The van der Waals surface area contributed by atoms with Crippen LogP contribution in [0.2, 0.25) is 0 Å². The topological polar surface area (TPSA) is 0 Å². The zero-order valence-corrected chi connectivity index (χ0v) is 11.7. The van der Waals surface area contributed by atoms with Crippen LogP contribution in [0.15, 0.2) is 18.2 Å². The van der Waals surface area contributed by atoms with E-state index in [1.54, 1.807) is 0 Å². The summed E-state index contributed by atoms with van der Waals surface area (Å²) in [5.41, 5.74) is 4.29. The molecule has 1 atom stereocenters. The minimum atomic E-state index is 0. The Labute approximate surface area is 102 Å². The van der Waals surface area contributed by atoms with Gasteiger partial charge in [-0.15, -0.1) is 21.6 Å². The van der Waals surface area contributed by atoms with Gasteiger partial charge < -0.3 is 0 Å². The third-order valence-electron chi connectivity index (χ3n) is 2.45. The average Bonchev–Trinajstić information content (AvgIpc) is 2.11. The summed E-state index contributed by atoms with van der Waals surface area (Å²) in [6, 6.07) is 6.87. The standard InChI is InChI=1S/C13H21P.ClH/c1-11-8-12(2)10-13(9-11)6-4-3-5-7-14;/h8-10H,3-7,14H2,1-2H3;1H. The lowest BCUT2D eigenvalue weighted by Crippen LogP contribution is -1.89. The van der Waals surface area contributed by atoms with Gasteiger partial charge in [0, 0.05) is 0 Å². The van der Waals surface area contributed by atoms with E-state index in [0.29, 0.717) is 0 Å². The molecule has 0 fully saturated rings. The van der Waals surface area contributed by atoms with E-state index in [1.165, 1.54) is 48.5 Å². The van der Waals surface area contributed by atoms with Gasteiger partial charge in [0.25, 0.3) is 0 Å². The van der Waals surface area contributed by atoms with Crippen LogP contribution in [-0.2, 0) is 6.42 Å². The van der Waals surface area contributed by atoms with Gasteiger partial charge in [-0.25, -0.2) is 0 Å². The molecule has 1 unspecified atom stereocenters. The summed E-state index contributed by atoms with van der Waals surface area (Å²) in [7, 11) is 2.79. The van der Waals surface area contributed by atoms with Crippen molar-refractivity contribution >= 4 is 21.6 Å². The van der Waals surface area contributed by atoms with Crippen LogP contribution in [0.4, 0.5) is 0 Å². The lowest BCUT2D eigenvalue weighted by atomic mass is 10.0. The molecule has 1 aromatic rings. The number of aryl methyl sites for hydroxylation is 3. The monoisotopic (exact) mass is 244 g/mol. The molecule has 0 saturated heterocycles. The van der Waals surface area contributed by atoms with Crippen molar-refractivity contribution in [2.24, 2.45) is 0 Å². The van der Waals surface area contributed by atoms with Crippen LogP contribution in [0.1, 0.15) is 36.0 Å². The first-order valence-electron chi connectivity index (χ1n) is 5.49. The molecule has 0 radical (unpaired) electrons. The second-order valence-corrected chi connectivity index (χ2v) is 4.67. The molecule has 0 N–H and O–H groups in total. The molecule has 0 aromatic heterocycles. The van der Waals surface area contributed by atoms with Gasteiger partial charge in [-0.1, -0.05) is 35.7 Å². The molecule has 1 aromatic carbocycles. The molecular weight excluding hydrogens is 223 g/mol. The maximum Gasteiger partial charge on any atom is -0.0279 e. The molecular formula is C13H22ClP. The van der Waals surface area contributed by atoms with E-state index >= 15 is 0 Å². The van der Waals surface area contributed by atoms with Crippen molar-refractivity contribution in [3.8, 4) is 0 Å². The Bertz CT molecular complexity index is 264. The van der Waals surface area contributed by atoms with Crippen LogP contribution in [0.5, 0.6) is 0 Å². The van der Waals surface area contributed by atoms with Gasteiger partial charge in [-0.3, -0.25) is 0 Å². The number of unbranched alkanes of at least 4 members (excludes halogenated alkanes) is 2. The number of hydrogen-bond donors (Lipinski definition) is 0. The van der Waals surface area contributed by atoms with Crippen LogP contribution < -0.4 is 0 Å². The van der Waals surface area contributed by atoms with Gasteiger partial charge in [0.2, 0.25) is 0 Å². The minimum absolute atomic E-state index is 0. The van der Waals surface area contributed by atoms with Gasteiger partial charge in [-0.05, 0) is 44.8 Å². The summed E-state index contributed by atoms with van der Waals surface area (Å²) in [6.07, 6.45) is 6.52. The summed E-state index contributed by atoms with van der Waals surface area (Å²) in [6.45, 7) is 4.36. The molecule has 0 bridgehead atoms. The van der Waals surface area contributed by atoms with Gasteiger partial charge in [0.05, 0.1) is 0 Å². The van der Waals surface area contributed by atoms with E-state index in [1.807, 2.05) is 0 Å². The van der Waals surface area contributed by atoms with Crippen molar-refractivity contribution in [3.05, 3.63) is 34.9 Å². The lowest BCUT2D eigenvalue weighted by Gasteiger charge is -2.04. The van der Waals surface area contributed by atoms with Crippen molar-refractivity contribution in [1.82, 2.24) is 0 Å². The Hall–Kier alpha value is -0.0600. The Morgan fingerprint density at radius 2 is 1.53 bits per heavy atom. The maximum absolute atomic E-state index is 2.79. The number of halogens is 1. The zero-order chi connectivity index (χ0) is 10.4. The summed E-state index contributed by atoms with van der Waals surface area (Å²) in [5, 5.41) is 0. The fraction of sp³-hybridized carbons (Fsp3) is 0.538. The van der Waals surface area contributed by atoms with Crippen LogP contribution in [-0.4, -0.2) is 6.16 Å². The van der Waals surface area contributed by atoms with E-state index in [2.05, 4.69) is 41.3 Å². The molecule has 0 saturated carbocycles. The maximum atomic E-state index is 2.79. The summed E-state index contributed by atoms with van der Waals surface area (Å²) in [4.78, 5) is 0. The number of benzene rings is 1. The molecule has 0 amide bonds. The largest absolute Gasteiger partial charge is 0.147 e. The molecule has 2 heteroatoms. The first kappa shape index (κ1) is 14.9. The summed E-state index contributed by atoms with van der Waals surface area (Å²) >= 11 is 0. The van der Waals surface area contributed by atoms with E-state index < -0.39 is 0 Å². The van der Waals surface area contributed by atoms with Crippen molar-refractivity contribution in [3.63, 3.8) is 0 Å². The second-order valence-electron chi connectivity index (χ2n) is 4.10. The van der Waals surface area contributed by atoms with Crippen LogP contribution in [0.3, 0.4) is 0 Å². The highest BCUT2D eigenvalue weighted by atomic mass is 35.5. The Morgan fingerprint density at radius 3 is 2.07 bits per heavy atom. The highest BCUT2D eigenvalue weighted by Crippen LogP contribution is 2.12. The third-order valence-corrected chi connectivity index (χ3v) is 2.86. The van der Waals surface area contributed by atoms with Crippen molar-refractivity contribution in [2.75, 3.05) is 6.16 Å². The second kappa shape index (κ2) is 8.13. The van der Waals surface area contributed by atoms with Crippen LogP contribution in [0.25, 0.3) is 0 Å². The summed E-state index contributed by atoms with van der Waals surface area (Å²) < 4.78 is 0. The minimum Gasteiger partial charge on any atom is -0.147 e. The number of hydrogen-bond acceptors (Lipinski definition) is 0. The molecule has 86 valence electrons. The fourth-order valence-corrected chi connectivity index (χ4v) is 2.15. The molecule has 0 aliphatic carbocycles. The van der Waals surface area contributed by atoms with E-state index in [9.17, 15) is 0 Å². The SMILES string of the molecule is Cc1cc(C)cc(CCCCCP)c1.Cl. The lowest BCUT2D eigenvalue weighted by molar-refractivity contribution is 0.722. The molecule has 0 heterocycles. The molecule has 0 aliphatic rings. The van der Waals surface area contributed by atoms with Crippen LogP contribution in [0, 0.1) is 13.8 Å². The normalized spacial score (nSPS) is 9.80. The highest BCUT2D eigenvalue weighted by Gasteiger charge is 1.96. The zero-order valence-electron chi connectivity index (χ0n) is 9.75. The Kier molecular flexibility index (Phi) is 8.10. The fourth-order valence-electron chi connectivity index (χ4n) is 1.86. The van der Waals surface area contributed by atoms with Crippen molar-refractivity contribution in [2.45, 2.75) is 39.5 Å². The van der Waals surface area contributed by atoms with Gasteiger partial charge in [0.1, 0.15) is 0 Å². The van der Waals surface area contributed by atoms with Crippen molar-refractivity contribution in [1.29, 1.82) is 0 Å². The predicted octanol–water partition coefficient (Wildman–Crippen LogP) is 4.31. The van der Waals surface area contributed by atoms with Crippen LogP contribution >= 0.6 is 21.6 Å². The smallest absolute Gasteiger partial charge is 0.0279 e. The molecule has 1 rings (SSSR count). The molecule has 0 spiro atoms. The van der Waals surface area contributed by atoms with E-state index in [-0.39, 0.29) is 12.4 Å². The van der Waals surface area contributed by atoms with E-state index in [4.69, 9.17) is 0 Å². The molecule has 0 aliphatic heterocycles. The van der Waals surface area contributed by atoms with E-state index in [0.717, 1.165) is 0 Å². The molecule has 15 heavy (non-hydrogen) atoms. The Morgan fingerprint density at radius 1 is 0.933 bits per heavy atom. The Balaban J connectivity index is 0.00000196. The quantitative estimate of drug-likeness (QED) is 0.535. The average molecular weight is 245 g/mol. The first-order chi connectivity index (χ1) is 6.72. The van der Waals surface area contributed by atoms with Gasteiger partial charge in [0.15, 0.2) is 0 Å². The van der Waals surface area contributed by atoms with Gasteiger partial charge >= 0.3 is 0 Å². The van der Waals surface area contributed by atoms with Gasteiger partial charge in [-0.2, -0.15) is 0 Å². The van der Waals surface area contributed by atoms with Crippen molar-refractivity contribution < 1.29 is 0 Å². The third kappa shape index (κ3) is 6.17. The predicted molar refractivity (Wildman–Crippen MR) is 75.3 cm³/mol. The summed E-state index contributed by atoms with van der Waals surface area (Å²) in [5.74, 6) is 0. The first-order valence-corrected chi connectivity index (χ1v) is 6.31. The number of rotatable bonds is 5.